The minimum Gasteiger partial charge on any atom is -0.496 e. The average molecular weight is 473 g/mol. The number of fused-ring (bicyclic) bond motifs is 1. The van der Waals surface area contributed by atoms with Gasteiger partial charge in [-0.05, 0) is 49.6 Å². The van der Waals surface area contributed by atoms with Crippen molar-refractivity contribution >= 4 is 39.3 Å². The van der Waals surface area contributed by atoms with Crippen LogP contribution < -0.4 is 9.47 Å². The predicted molar refractivity (Wildman–Crippen MR) is 136 cm³/mol. The minimum atomic E-state index is -1.48. The summed E-state index contributed by atoms with van der Waals surface area (Å²) < 4.78 is 12.7. The van der Waals surface area contributed by atoms with E-state index >= 15 is 0 Å². The van der Waals surface area contributed by atoms with Crippen molar-refractivity contribution in [2.24, 2.45) is 0 Å². The maximum atomic E-state index is 12.7. The van der Waals surface area contributed by atoms with Crippen molar-refractivity contribution in [3.8, 4) is 21.9 Å². The summed E-state index contributed by atoms with van der Waals surface area (Å²) in [5.41, 5.74) is 0.490. The van der Waals surface area contributed by atoms with Crippen LogP contribution >= 0.6 is 11.3 Å². The van der Waals surface area contributed by atoms with E-state index in [-0.39, 0.29) is 5.78 Å². The predicted octanol–water partition coefficient (Wildman–Crippen LogP) is 6.72. The number of carboxylic acid groups (broad SMARTS) is 1. The Hall–Kier alpha value is -3.90. The third-order valence-electron chi connectivity index (χ3n) is 5.38. The Bertz CT molecular complexity index is 1350. The lowest BCUT2D eigenvalue weighted by Crippen LogP contribution is -2.38. The SMILES string of the molecule is COc1cc(OC(C)(C)C(=O)O)c(C=CC(=O)c2ccccc2)cc1-c1cc2ccccc2s1. The number of carboxylic acids is 1. The van der Waals surface area contributed by atoms with Gasteiger partial charge in [0, 0.05) is 32.3 Å². The largest absolute Gasteiger partial charge is 0.496 e. The van der Waals surface area contributed by atoms with Gasteiger partial charge in [0.25, 0.3) is 0 Å². The highest BCUT2D eigenvalue weighted by Gasteiger charge is 2.30. The van der Waals surface area contributed by atoms with Gasteiger partial charge < -0.3 is 14.6 Å². The van der Waals surface area contributed by atoms with E-state index in [9.17, 15) is 14.7 Å². The Morgan fingerprint density at radius 2 is 1.65 bits per heavy atom. The zero-order chi connectivity index (χ0) is 24.3. The fourth-order valence-corrected chi connectivity index (χ4v) is 4.54. The summed E-state index contributed by atoms with van der Waals surface area (Å²) in [6.45, 7) is 2.95. The molecule has 0 amide bonds. The van der Waals surface area contributed by atoms with Gasteiger partial charge in [0.2, 0.25) is 0 Å². The maximum absolute atomic E-state index is 12.7. The number of carbonyl (C=O) groups is 2. The van der Waals surface area contributed by atoms with Crippen LogP contribution in [0.5, 0.6) is 11.5 Å². The summed E-state index contributed by atoms with van der Waals surface area (Å²) in [4.78, 5) is 25.4. The molecule has 4 rings (SSSR count). The summed E-state index contributed by atoms with van der Waals surface area (Å²) in [7, 11) is 1.56. The van der Waals surface area contributed by atoms with Gasteiger partial charge in [0.15, 0.2) is 11.4 Å². The average Bonchev–Trinajstić information content (AvgIpc) is 3.27. The number of hydrogen-bond acceptors (Lipinski definition) is 5. The van der Waals surface area contributed by atoms with Crippen molar-refractivity contribution in [3.05, 3.63) is 90.0 Å². The summed E-state index contributed by atoms with van der Waals surface area (Å²) >= 11 is 1.63. The highest BCUT2D eigenvalue weighted by atomic mass is 32.1. The van der Waals surface area contributed by atoms with Gasteiger partial charge in [-0.1, -0.05) is 48.5 Å². The molecule has 0 saturated carbocycles. The molecule has 0 spiro atoms. The number of methoxy groups -OCH3 is 1. The fourth-order valence-electron chi connectivity index (χ4n) is 3.46. The van der Waals surface area contributed by atoms with Gasteiger partial charge in [-0.2, -0.15) is 0 Å². The molecule has 0 fully saturated rings. The molecule has 0 unspecified atom stereocenters. The standard InChI is InChI=1S/C28H24O5S/c1-28(2,27(30)31)33-23-17-24(32-3)21(26-16-20-11-7-8-12-25(20)34-26)15-19(23)13-14-22(29)18-9-5-4-6-10-18/h4-17H,1-3H3,(H,30,31). The number of rotatable bonds is 8. The number of carbonyl (C=O) groups excluding carboxylic acids is 1. The van der Waals surface area contributed by atoms with Crippen LogP contribution in [-0.4, -0.2) is 29.6 Å². The quantitative estimate of drug-likeness (QED) is 0.228. The highest BCUT2D eigenvalue weighted by molar-refractivity contribution is 7.22. The first-order chi connectivity index (χ1) is 16.3. The molecule has 0 aliphatic rings. The molecule has 1 aromatic heterocycles. The molecule has 1 heterocycles. The van der Waals surface area contributed by atoms with E-state index < -0.39 is 11.6 Å². The number of ether oxygens (including phenoxy) is 2. The van der Waals surface area contributed by atoms with Crippen LogP contribution in [0.2, 0.25) is 0 Å². The van der Waals surface area contributed by atoms with Crippen LogP contribution in [0.25, 0.3) is 26.6 Å². The van der Waals surface area contributed by atoms with E-state index in [0.717, 1.165) is 20.5 Å². The van der Waals surface area contributed by atoms with Gasteiger partial charge in [0.05, 0.1) is 7.11 Å². The Kier molecular flexibility index (Phi) is 6.52. The molecule has 172 valence electrons. The lowest BCUT2D eigenvalue weighted by Gasteiger charge is -2.24. The Morgan fingerprint density at radius 3 is 2.32 bits per heavy atom. The number of ketones is 1. The summed E-state index contributed by atoms with van der Waals surface area (Å²) in [5.74, 6) is -0.404. The van der Waals surface area contributed by atoms with Crippen molar-refractivity contribution in [2.45, 2.75) is 19.4 Å². The zero-order valence-corrected chi connectivity index (χ0v) is 19.9. The normalized spacial score (nSPS) is 11.6. The van der Waals surface area contributed by atoms with E-state index in [1.807, 2.05) is 30.3 Å². The molecule has 3 aromatic carbocycles. The topological polar surface area (TPSA) is 72.8 Å². The number of thiophene rings is 1. The smallest absolute Gasteiger partial charge is 0.347 e. The molecule has 1 N–H and O–H groups in total. The molecule has 0 aliphatic carbocycles. The molecule has 0 atom stereocenters. The molecule has 5 nitrogen and oxygen atoms in total. The van der Waals surface area contributed by atoms with Crippen LogP contribution in [0.3, 0.4) is 0 Å². The van der Waals surface area contributed by atoms with E-state index in [4.69, 9.17) is 9.47 Å². The zero-order valence-electron chi connectivity index (χ0n) is 19.1. The Morgan fingerprint density at radius 1 is 0.941 bits per heavy atom. The maximum Gasteiger partial charge on any atom is 0.347 e. The molecule has 0 aliphatic heterocycles. The van der Waals surface area contributed by atoms with Crippen LogP contribution in [0, 0.1) is 0 Å². The summed E-state index contributed by atoms with van der Waals surface area (Å²) in [6.07, 6.45) is 3.12. The second-order valence-corrected chi connectivity index (χ2v) is 9.30. The first kappa shape index (κ1) is 23.3. The minimum absolute atomic E-state index is 0.164. The highest BCUT2D eigenvalue weighted by Crippen LogP contribution is 2.42. The first-order valence-electron chi connectivity index (χ1n) is 10.7. The molecular weight excluding hydrogens is 448 g/mol. The van der Waals surface area contributed by atoms with E-state index in [1.165, 1.54) is 19.9 Å². The van der Waals surface area contributed by atoms with Crippen molar-refractivity contribution in [1.29, 1.82) is 0 Å². The van der Waals surface area contributed by atoms with Crippen LogP contribution in [0.4, 0.5) is 0 Å². The summed E-state index contributed by atoms with van der Waals surface area (Å²) in [6, 6.07) is 22.7. The van der Waals surface area contributed by atoms with Crippen molar-refractivity contribution in [3.63, 3.8) is 0 Å². The van der Waals surface area contributed by atoms with E-state index in [1.54, 1.807) is 54.9 Å². The monoisotopic (exact) mass is 472 g/mol. The van der Waals surface area contributed by atoms with Crippen LogP contribution in [0.1, 0.15) is 29.8 Å². The van der Waals surface area contributed by atoms with Crippen molar-refractivity contribution in [1.82, 2.24) is 0 Å². The van der Waals surface area contributed by atoms with Crippen LogP contribution in [0.15, 0.2) is 78.9 Å². The number of benzene rings is 3. The Balaban J connectivity index is 1.82. The van der Waals surface area contributed by atoms with Crippen molar-refractivity contribution < 1.29 is 24.2 Å². The second-order valence-electron chi connectivity index (χ2n) is 8.22. The number of hydrogen-bond donors (Lipinski definition) is 1. The number of aliphatic carboxylic acids is 1. The van der Waals surface area contributed by atoms with Crippen molar-refractivity contribution in [2.75, 3.05) is 7.11 Å². The van der Waals surface area contributed by atoms with Gasteiger partial charge in [0.1, 0.15) is 11.5 Å². The van der Waals surface area contributed by atoms with Gasteiger partial charge >= 0.3 is 5.97 Å². The molecule has 0 saturated heterocycles. The third-order valence-corrected chi connectivity index (χ3v) is 6.53. The molecule has 34 heavy (non-hydrogen) atoms. The lowest BCUT2D eigenvalue weighted by atomic mass is 10.0. The van der Waals surface area contributed by atoms with Gasteiger partial charge in [-0.15, -0.1) is 11.3 Å². The van der Waals surface area contributed by atoms with E-state index in [2.05, 4.69) is 12.1 Å². The molecule has 6 heteroatoms. The number of allylic oxidation sites excluding steroid dienone is 1. The second kappa shape index (κ2) is 9.53. The third kappa shape index (κ3) is 4.87. The van der Waals surface area contributed by atoms with Gasteiger partial charge in [-0.3, -0.25) is 4.79 Å². The lowest BCUT2D eigenvalue weighted by molar-refractivity contribution is -0.152. The molecular formula is C28H24O5S. The summed E-state index contributed by atoms with van der Waals surface area (Å²) in [5, 5.41) is 10.7. The van der Waals surface area contributed by atoms with E-state index in [0.29, 0.717) is 22.6 Å². The molecule has 0 bridgehead atoms. The first-order valence-corrected chi connectivity index (χ1v) is 11.5. The fraction of sp³-hybridized carbons (Fsp3) is 0.143. The van der Waals surface area contributed by atoms with Crippen LogP contribution in [-0.2, 0) is 4.79 Å². The Labute approximate surface area is 201 Å². The molecule has 4 aromatic rings. The van der Waals surface area contributed by atoms with Gasteiger partial charge in [-0.25, -0.2) is 4.79 Å². The molecule has 0 radical (unpaired) electrons.